The highest BCUT2D eigenvalue weighted by Crippen LogP contribution is 2.61. The fourth-order valence-corrected chi connectivity index (χ4v) is 8.12. The van der Waals surface area contributed by atoms with Crippen molar-refractivity contribution >= 4 is 23.3 Å². The fraction of sp³-hybridized carbons (Fsp3) is 0.366. The molecule has 0 atom stereocenters. The molecule has 1 aliphatic carbocycles. The molecule has 0 spiro atoms. The largest absolute Gasteiger partial charge is 0.310 e. The van der Waals surface area contributed by atoms with E-state index in [0.29, 0.717) is 17.7 Å². The lowest BCUT2D eigenvalue weighted by molar-refractivity contribution is 0.125. The van der Waals surface area contributed by atoms with Gasteiger partial charge in [-0.15, -0.1) is 0 Å². The van der Waals surface area contributed by atoms with Gasteiger partial charge in [0.05, 0.1) is 5.69 Å². The monoisotopic (exact) mass is 620 g/mol. The van der Waals surface area contributed by atoms with Gasteiger partial charge in [0.15, 0.2) is 5.82 Å². The van der Waals surface area contributed by atoms with E-state index in [4.69, 9.17) is 19.9 Å². The summed E-state index contributed by atoms with van der Waals surface area (Å²) < 4.78 is 0. The number of fused-ring (bicyclic) bond motifs is 3. The average molecular weight is 621 g/mol. The predicted molar refractivity (Wildman–Crippen MR) is 192 cm³/mol. The van der Waals surface area contributed by atoms with Gasteiger partial charge in [0.2, 0.25) is 11.9 Å². The molecular weight excluding hydrogens is 576 g/mol. The van der Waals surface area contributed by atoms with Gasteiger partial charge in [-0.05, 0) is 94.5 Å². The van der Waals surface area contributed by atoms with Crippen LogP contribution in [0.5, 0.6) is 0 Å². The maximum absolute atomic E-state index is 5.15. The lowest BCUT2D eigenvalue weighted by atomic mass is 9.59. The Morgan fingerprint density at radius 2 is 1.13 bits per heavy atom. The highest BCUT2D eigenvalue weighted by molar-refractivity contribution is 5.71. The van der Waals surface area contributed by atoms with Crippen LogP contribution >= 0.6 is 0 Å². The number of aromatic nitrogens is 4. The number of hydrogen-bond acceptors (Lipinski definition) is 6. The number of rotatable bonds is 4. The van der Waals surface area contributed by atoms with Crippen molar-refractivity contribution in [1.82, 2.24) is 19.9 Å². The van der Waals surface area contributed by atoms with Crippen LogP contribution in [0, 0.1) is 5.41 Å². The van der Waals surface area contributed by atoms with E-state index in [0.717, 1.165) is 55.6 Å². The quantitative estimate of drug-likeness (QED) is 0.200. The minimum absolute atomic E-state index is 0.0413. The number of hydrogen-bond donors (Lipinski definition) is 0. The summed E-state index contributed by atoms with van der Waals surface area (Å²) in [5.74, 6) is 2.03. The van der Waals surface area contributed by atoms with E-state index in [9.17, 15) is 0 Å². The van der Waals surface area contributed by atoms with Crippen molar-refractivity contribution in [2.45, 2.75) is 78.1 Å². The summed E-state index contributed by atoms with van der Waals surface area (Å²) in [5, 5.41) is 0. The molecule has 3 aromatic carbocycles. The second-order valence-corrected chi connectivity index (χ2v) is 15.1. The van der Waals surface area contributed by atoms with Gasteiger partial charge < -0.3 is 9.80 Å². The topological polar surface area (TPSA) is 58.0 Å². The Labute approximate surface area is 279 Å². The lowest BCUT2D eigenvalue weighted by Gasteiger charge is -2.44. The number of anilines is 4. The molecule has 4 heterocycles. The van der Waals surface area contributed by atoms with Crippen LogP contribution in [0.25, 0.3) is 22.6 Å². The van der Waals surface area contributed by atoms with Gasteiger partial charge in [0.25, 0.3) is 0 Å². The lowest BCUT2D eigenvalue weighted by Crippen LogP contribution is -2.42. The standard InChI is InChI=1S/C41H44N6/c1-39(2)31-21-19-29(25-32(31)40(3,4)41(39,5)6)33-22-20-30(26-42-33)36-43-37(46-23-11-15-27-13-7-9-17-34(27)46)45-38(44-36)47-24-12-16-28-14-8-10-18-35(28)47/h7-10,13-14,17-22,25-26H,11-12,15-16,23-24H2,1-6H3. The molecule has 0 bridgehead atoms. The zero-order valence-corrected chi connectivity index (χ0v) is 28.5. The zero-order valence-electron chi connectivity index (χ0n) is 28.5. The third-order valence-corrected chi connectivity index (χ3v) is 12.1. The number of aryl methyl sites for hydroxylation is 2. The molecule has 0 unspecified atom stereocenters. The molecule has 8 rings (SSSR count). The van der Waals surface area contributed by atoms with E-state index in [2.05, 4.69) is 130 Å². The zero-order chi connectivity index (χ0) is 32.6. The SMILES string of the molecule is CC1(C)c2ccc(-c3ccc(-c4nc(N5CCCc6ccccc65)nc(N5CCCc6ccccc65)n4)cn3)cc2C(C)(C)C1(C)C. The van der Waals surface area contributed by atoms with Crippen LogP contribution in [0.15, 0.2) is 85.1 Å². The van der Waals surface area contributed by atoms with E-state index in [1.54, 1.807) is 0 Å². The van der Waals surface area contributed by atoms with Gasteiger partial charge in [0.1, 0.15) is 0 Å². The minimum Gasteiger partial charge on any atom is -0.310 e. The molecule has 6 heteroatoms. The van der Waals surface area contributed by atoms with Gasteiger partial charge in [-0.3, -0.25) is 4.98 Å². The van der Waals surface area contributed by atoms with Crippen molar-refractivity contribution in [3.63, 3.8) is 0 Å². The van der Waals surface area contributed by atoms with E-state index in [1.165, 1.54) is 33.6 Å². The Morgan fingerprint density at radius 3 is 1.70 bits per heavy atom. The summed E-state index contributed by atoms with van der Waals surface area (Å²) in [7, 11) is 0. The summed E-state index contributed by atoms with van der Waals surface area (Å²) in [6.07, 6.45) is 6.18. The minimum atomic E-state index is 0.0413. The molecule has 0 amide bonds. The van der Waals surface area contributed by atoms with Crippen LogP contribution in [-0.2, 0) is 23.7 Å². The van der Waals surface area contributed by atoms with Crippen LogP contribution in [0.3, 0.4) is 0 Å². The van der Waals surface area contributed by atoms with Gasteiger partial charge >= 0.3 is 0 Å². The van der Waals surface area contributed by atoms with Crippen LogP contribution < -0.4 is 9.80 Å². The molecule has 0 fully saturated rings. The van der Waals surface area contributed by atoms with Gasteiger partial charge in [0, 0.05) is 41.8 Å². The molecule has 3 aliphatic rings. The molecule has 2 aliphatic heterocycles. The Bertz CT molecular complexity index is 1910. The number of nitrogens with zero attached hydrogens (tertiary/aromatic N) is 6. The average Bonchev–Trinajstić information content (AvgIpc) is 3.20. The van der Waals surface area contributed by atoms with Crippen molar-refractivity contribution in [1.29, 1.82) is 0 Å². The molecule has 0 N–H and O–H groups in total. The van der Waals surface area contributed by atoms with E-state index in [1.807, 2.05) is 6.20 Å². The van der Waals surface area contributed by atoms with E-state index >= 15 is 0 Å². The first-order valence-electron chi connectivity index (χ1n) is 17.1. The Balaban J connectivity index is 1.20. The smallest absolute Gasteiger partial charge is 0.235 e. The molecule has 2 aromatic heterocycles. The number of pyridine rings is 1. The van der Waals surface area contributed by atoms with Crippen LogP contribution in [0.4, 0.5) is 23.3 Å². The van der Waals surface area contributed by atoms with Gasteiger partial charge in [-0.25, -0.2) is 0 Å². The van der Waals surface area contributed by atoms with E-state index in [-0.39, 0.29) is 16.2 Å². The van der Waals surface area contributed by atoms with Crippen molar-refractivity contribution < 1.29 is 0 Å². The second-order valence-electron chi connectivity index (χ2n) is 15.1. The van der Waals surface area contributed by atoms with Crippen LogP contribution in [-0.4, -0.2) is 33.0 Å². The maximum atomic E-state index is 5.15. The first kappa shape index (κ1) is 29.8. The predicted octanol–water partition coefficient (Wildman–Crippen LogP) is 9.36. The second kappa shape index (κ2) is 10.7. The summed E-state index contributed by atoms with van der Waals surface area (Å²) in [6.45, 7) is 16.1. The summed E-state index contributed by atoms with van der Waals surface area (Å²) in [4.78, 5) is 24.9. The molecule has 0 saturated heterocycles. The van der Waals surface area contributed by atoms with Gasteiger partial charge in [-0.1, -0.05) is 90.1 Å². The highest BCUT2D eigenvalue weighted by atomic mass is 15.3. The fourth-order valence-electron chi connectivity index (χ4n) is 8.12. The number of para-hydroxylation sites is 2. The van der Waals surface area contributed by atoms with Crippen molar-refractivity contribution in [3.05, 3.63) is 107 Å². The molecular formula is C41H44N6. The summed E-state index contributed by atoms with van der Waals surface area (Å²) >= 11 is 0. The highest BCUT2D eigenvalue weighted by Gasteiger charge is 2.56. The molecule has 0 radical (unpaired) electrons. The molecule has 0 saturated carbocycles. The van der Waals surface area contributed by atoms with Gasteiger partial charge in [-0.2, -0.15) is 15.0 Å². The first-order chi connectivity index (χ1) is 22.6. The maximum Gasteiger partial charge on any atom is 0.235 e. The summed E-state index contributed by atoms with van der Waals surface area (Å²) in [5.41, 5.74) is 11.1. The van der Waals surface area contributed by atoms with E-state index < -0.39 is 0 Å². The van der Waals surface area contributed by atoms with Crippen molar-refractivity contribution in [2.75, 3.05) is 22.9 Å². The van der Waals surface area contributed by atoms with Crippen molar-refractivity contribution in [3.8, 4) is 22.6 Å². The Kier molecular flexibility index (Phi) is 6.80. The molecule has 5 aromatic rings. The molecule has 6 nitrogen and oxygen atoms in total. The normalized spacial score (nSPS) is 18.8. The Hall–Kier alpha value is -4.58. The van der Waals surface area contributed by atoms with Crippen LogP contribution in [0.2, 0.25) is 0 Å². The molecule has 238 valence electrons. The first-order valence-corrected chi connectivity index (χ1v) is 17.1. The summed E-state index contributed by atoms with van der Waals surface area (Å²) in [6, 6.07) is 28.4. The molecule has 47 heavy (non-hydrogen) atoms. The third kappa shape index (κ3) is 4.59. The van der Waals surface area contributed by atoms with Crippen LogP contribution in [0.1, 0.15) is 76.6 Å². The Morgan fingerprint density at radius 1 is 0.574 bits per heavy atom. The number of benzene rings is 3. The van der Waals surface area contributed by atoms with Crippen molar-refractivity contribution in [2.24, 2.45) is 5.41 Å². The third-order valence-electron chi connectivity index (χ3n) is 12.1.